The molecule has 0 aromatic carbocycles. The summed E-state index contributed by atoms with van der Waals surface area (Å²) in [4.78, 5) is 4.01. The molecule has 76 valence electrons. The molecular weight excluding hydrogens is 180 g/mol. The van der Waals surface area contributed by atoms with Crippen LogP contribution in [-0.2, 0) is 6.42 Å². The minimum absolute atomic E-state index is 0.577. The minimum atomic E-state index is -0.577. The van der Waals surface area contributed by atoms with Crippen molar-refractivity contribution in [1.82, 2.24) is 10.3 Å². The van der Waals surface area contributed by atoms with Gasteiger partial charge in [0.15, 0.2) is 0 Å². The summed E-state index contributed by atoms with van der Waals surface area (Å²) in [7, 11) is 1.59. The molecule has 0 aliphatic carbocycles. The Morgan fingerprint density at radius 3 is 3.00 bits per heavy atom. The van der Waals surface area contributed by atoms with E-state index in [1.54, 1.807) is 13.3 Å². The summed E-state index contributed by atoms with van der Waals surface area (Å²) >= 11 is 0. The van der Waals surface area contributed by atoms with E-state index in [9.17, 15) is 5.11 Å². The van der Waals surface area contributed by atoms with Crippen LogP contribution in [0, 0.1) is 0 Å². The molecule has 1 aromatic rings. The number of hydrogen-bond donors (Lipinski definition) is 2. The van der Waals surface area contributed by atoms with Crippen LogP contribution in [0.5, 0.6) is 5.88 Å². The number of nitrogens with zero attached hydrogens (tertiary/aromatic N) is 1. The highest BCUT2D eigenvalue weighted by molar-refractivity contribution is 5.23. The summed E-state index contributed by atoms with van der Waals surface area (Å²) in [6, 6.07) is 3.76. The standard InChI is InChI=1S/C10H14N2O2/c1-14-9-4-8(2-3-12-9)5-10(13)6-11-7-10/h2-4,11,13H,5-7H2,1H3. The molecule has 2 rings (SSSR count). The van der Waals surface area contributed by atoms with Crippen LogP contribution in [0.1, 0.15) is 5.56 Å². The van der Waals surface area contributed by atoms with Crippen molar-refractivity contribution in [2.75, 3.05) is 20.2 Å². The first-order valence-corrected chi connectivity index (χ1v) is 4.64. The Morgan fingerprint density at radius 1 is 1.64 bits per heavy atom. The van der Waals surface area contributed by atoms with E-state index in [0.717, 1.165) is 5.56 Å². The molecule has 4 heteroatoms. The van der Waals surface area contributed by atoms with E-state index in [1.165, 1.54) is 0 Å². The lowest BCUT2D eigenvalue weighted by molar-refractivity contribution is -0.00905. The Hall–Kier alpha value is -1.13. The molecule has 14 heavy (non-hydrogen) atoms. The maximum Gasteiger partial charge on any atom is 0.213 e. The topological polar surface area (TPSA) is 54.4 Å². The number of ether oxygens (including phenoxy) is 1. The SMILES string of the molecule is COc1cc(CC2(O)CNC2)ccn1. The van der Waals surface area contributed by atoms with Gasteiger partial charge >= 0.3 is 0 Å². The van der Waals surface area contributed by atoms with E-state index in [4.69, 9.17) is 4.74 Å². The number of hydrogen-bond acceptors (Lipinski definition) is 4. The molecule has 2 heterocycles. The fourth-order valence-corrected chi connectivity index (χ4v) is 1.59. The predicted octanol–water partition coefficient (Wildman–Crippen LogP) is -0.0330. The van der Waals surface area contributed by atoms with Crippen molar-refractivity contribution in [3.8, 4) is 5.88 Å². The number of pyridine rings is 1. The lowest BCUT2D eigenvalue weighted by Gasteiger charge is -2.37. The van der Waals surface area contributed by atoms with E-state index < -0.39 is 5.60 Å². The van der Waals surface area contributed by atoms with E-state index in [1.807, 2.05) is 12.1 Å². The van der Waals surface area contributed by atoms with Gasteiger partial charge in [-0.25, -0.2) is 4.98 Å². The van der Waals surface area contributed by atoms with Crippen LogP contribution in [0.25, 0.3) is 0 Å². The first kappa shape index (κ1) is 9.43. The predicted molar refractivity (Wildman–Crippen MR) is 52.3 cm³/mol. The highest BCUT2D eigenvalue weighted by Gasteiger charge is 2.34. The van der Waals surface area contributed by atoms with Gasteiger partial charge in [0.05, 0.1) is 12.7 Å². The maximum atomic E-state index is 9.90. The normalized spacial score (nSPS) is 18.7. The first-order valence-electron chi connectivity index (χ1n) is 4.64. The summed E-state index contributed by atoms with van der Waals surface area (Å²) < 4.78 is 5.01. The lowest BCUT2D eigenvalue weighted by atomic mass is 9.89. The van der Waals surface area contributed by atoms with Gasteiger partial charge in [0.1, 0.15) is 0 Å². The fraction of sp³-hybridized carbons (Fsp3) is 0.500. The molecule has 0 saturated carbocycles. The second-order valence-electron chi connectivity index (χ2n) is 3.71. The molecule has 1 fully saturated rings. The van der Waals surface area contributed by atoms with Crippen molar-refractivity contribution in [2.24, 2.45) is 0 Å². The Balaban J connectivity index is 2.08. The van der Waals surface area contributed by atoms with Gasteiger partial charge < -0.3 is 15.2 Å². The summed E-state index contributed by atoms with van der Waals surface area (Å²) in [6.45, 7) is 1.33. The Bertz CT molecular complexity index is 324. The zero-order chi connectivity index (χ0) is 10.0. The van der Waals surface area contributed by atoms with Crippen molar-refractivity contribution < 1.29 is 9.84 Å². The zero-order valence-corrected chi connectivity index (χ0v) is 8.16. The Kier molecular flexibility index (Phi) is 2.39. The molecule has 1 aliphatic heterocycles. The molecule has 2 N–H and O–H groups in total. The highest BCUT2D eigenvalue weighted by atomic mass is 16.5. The van der Waals surface area contributed by atoms with E-state index in [2.05, 4.69) is 10.3 Å². The molecule has 1 saturated heterocycles. The molecular formula is C10H14N2O2. The van der Waals surface area contributed by atoms with Gasteiger partial charge in [0.25, 0.3) is 0 Å². The summed E-state index contributed by atoms with van der Waals surface area (Å²) in [5.74, 6) is 0.596. The third-order valence-electron chi connectivity index (χ3n) is 2.45. The average molecular weight is 194 g/mol. The second kappa shape index (κ2) is 3.55. The van der Waals surface area contributed by atoms with Gasteiger partial charge in [0, 0.05) is 31.8 Å². The molecule has 1 aromatic heterocycles. The van der Waals surface area contributed by atoms with Gasteiger partial charge in [-0.05, 0) is 11.6 Å². The molecule has 0 radical (unpaired) electrons. The molecule has 4 nitrogen and oxygen atoms in total. The fourth-order valence-electron chi connectivity index (χ4n) is 1.59. The highest BCUT2D eigenvalue weighted by Crippen LogP contribution is 2.19. The Morgan fingerprint density at radius 2 is 2.43 bits per heavy atom. The number of β-amino-alcohol motifs (C(OH)–C–C–N with tert-alkyl or cyclic N) is 1. The van der Waals surface area contributed by atoms with Crippen LogP contribution in [0.3, 0.4) is 0 Å². The summed E-state index contributed by atoms with van der Waals surface area (Å²) in [5.41, 5.74) is 0.479. The Labute approximate surface area is 82.9 Å². The zero-order valence-electron chi connectivity index (χ0n) is 8.16. The van der Waals surface area contributed by atoms with Gasteiger partial charge in [-0.15, -0.1) is 0 Å². The lowest BCUT2D eigenvalue weighted by Crippen LogP contribution is -2.60. The number of methoxy groups -OCH3 is 1. The van der Waals surface area contributed by atoms with Crippen molar-refractivity contribution >= 4 is 0 Å². The second-order valence-corrected chi connectivity index (χ2v) is 3.71. The third-order valence-corrected chi connectivity index (χ3v) is 2.45. The van der Waals surface area contributed by atoms with Crippen molar-refractivity contribution in [3.63, 3.8) is 0 Å². The monoisotopic (exact) mass is 194 g/mol. The van der Waals surface area contributed by atoms with E-state index in [0.29, 0.717) is 25.4 Å². The van der Waals surface area contributed by atoms with Gasteiger partial charge in [-0.2, -0.15) is 0 Å². The van der Waals surface area contributed by atoms with Gasteiger partial charge in [-0.3, -0.25) is 0 Å². The van der Waals surface area contributed by atoms with Crippen LogP contribution < -0.4 is 10.1 Å². The number of aromatic nitrogens is 1. The summed E-state index contributed by atoms with van der Waals surface area (Å²) in [5, 5.41) is 13.0. The van der Waals surface area contributed by atoms with E-state index >= 15 is 0 Å². The van der Waals surface area contributed by atoms with Crippen molar-refractivity contribution in [3.05, 3.63) is 23.9 Å². The molecule has 0 unspecified atom stereocenters. The van der Waals surface area contributed by atoms with Crippen LogP contribution in [0.4, 0.5) is 0 Å². The smallest absolute Gasteiger partial charge is 0.213 e. The van der Waals surface area contributed by atoms with Gasteiger partial charge in [-0.1, -0.05) is 0 Å². The van der Waals surface area contributed by atoms with E-state index in [-0.39, 0.29) is 0 Å². The van der Waals surface area contributed by atoms with Crippen molar-refractivity contribution in [2.45, 2.75) is 12.0 Å². The number of rotatable bonds is 3. The summed E-state index contributed by atoms with van der Waals surface area (Å²) in [6.07, 6.45) is 2.35. The largest absolute Gasteiger partial charge is 0.481 e. The molecule has 0 bridgehead atoms. The quantitative estimate of drug-likeness (QED) is 0.709. The maximum absolute atomic E-state index is 9.90. The third kappa shape index (κ3) is 1.86. The number of aliphatic hydroxyl groups is 1. The van der Waals surface area contributed by atoms with Crippen LogP contribution in [0.15, 0.2) is 18.3 Å². The van der Waals surface area contributed by atoms with Gasteiger partial charge in [0.2, 0.25) is 5.88 Å². The molecule has 0 atom stereocenters. The van der Waals surface area contributed by atoms with Crippen LogP contribution in [0.2, 0.25) is 0 Å². The van der Waals surface area contributed by atoms with Crippen molar-refractivity contribution in [1.29, 1.82) is 0 Å². The van der Waals surface area contributed by atoms with Crippen LogP contribution in [-0.4, -0.2) is 35.9 Å². The molecule has 0 spiro atoms. The minimum Gasteiger partial charge on any atom is -0.481 e. The number of nitrogens with one attached hydrogen (secondary N) is 1. The molecule has 1 aliphatic rings. The molecule has 0 amide bonds. The average Bonchev–Trinajstić information content (AvgIpc) is 2.16. The first-order chi connectivity index (χ1) is 6.72. The van der Waals surface area contributed by atoms with Crippen LogP contribution >= 0.6 is 0 Å².